The Bertz CT molecular complexity index is 1050. The van der Waals surface area contributed by atoms with E-state index in [1.54, 1.807) is 24.1 Å². The van der Waals surface area contributed by atoms with E-state index in [9.17, 15) is 4.79 Å². The van der Waals surface area contributed by atoms with Gasteiger partial charge >= 0.3 is 0 Å². The lowest BCUT2D eigenvalue weighted by atomic mass is 10.1. The Balaban J connectivity index is 2.47. The molecule has 2 N–H and O–H groups in total. The third-order valence-electron chi connectivity index (χ3n) is 8.79. The van der Waals surface area contributed by atoms with E-state index in [1.807, 2.05) is 19.2 Å². The van der Waals surface area contributed by atoms with Crippen LogP contribution in [0.3, 0.4) is 0 Å². The highest BCUT2D eigenvalue weighted by atomic mass is 28.4. The number of allylic oxidation sites excluding steroid dienone is 2. The second-order valence-corrected chi connectivity index (χ2v) is 23.5. The van der Waals surface area contributed by atoms with Gasteiger partial charge in [-0.3, -0.25) is 4.79 Å². The second-order valence-electron chi connectivity index (χ2n) is 13.4. The van der Waals surface area contributed by atoms with Gasteiger partial charge < -0.3 is 24.2 Å². The van der Waals surface area contributed by atoms with Crippen molar-refractivity contribution in [2.45, 2.75) is 116 Å². The Morgan fingerprint density at radius 2 is 1.64 bits per heavy atom. The van der Waals surface area contributed by atoms with E-state index in [-0.39, 0.29) is 17.0 Å². The number of nitrogens with two attached hydrogens (primary N) is 1. The number of benzene rings is 1. The molecule has 0 aliphatic carbocycles. The average Bonchev–Trinajstić information content (AvgIpc) is 3.22. The minimum Gasteiger partial charge on any atom is -0.540 e. The second kappa shape index (κ2) is 12.6. The summed E-state index contributed by atoms with van der Waals surface area (Å²) in [6.45, 7) is 27.1. The Labute approximate surface area is 240 Å². The molecule has 2 rings (SSSR count). The van der Waals surface area contributed by atoms with Gasteiger partial charge in [0.2, 0.25) is 0 Å². The van der Waals surface area contributed by atoms with Gasteiger partial charge in [0.25, 0.3) is 14.2 Å². The number of methoxy groups -OCH3 is 1. The summed E-state index contributed by atoms with van der Waals surface area (Å²) in [6, 6.07) is 3.44. The third-order valence-corrected chi connectivity index (χ3v) is 19.3. The summed E-state index contributed by atoms with van der Waals surface area (Å²) >= 11 is 0. The van der Waals surface area contributed by atoms with Gasteiger partial charge in [0.1, 0.15) is 5.75 Å². The van der Waals surface area contributed by atoms with Crippen molar-refractivity contribution in [1.82, 2.24) is 4.90 Å². The highest BCUT2D eigenvalue weighted by Crippen LogP contribution is 2.46. The zero-order valence-electron chi connectivity index (χ0n) is 26.8. The first-order chi connectivity index (χ1) is 17.9. The van der Waals surface area contributed by atoms with E-state index in [0.717, 1.165) is 12.0 Å². The minimum absolute atomic E-state index is 0.0914. The highest BCUT2D eigenvalue weighted by molar-refractivity contribution is 6.78. The molecule has 1 aliphatic rings. The molecule has 0 spiro atoms. The van der Waals surface area contributed by atoms with Crippen molar-refractivity contribution >= 4 is 28.2 Å². The maximum absolute atomic E-state index is 14.0. The summed E-state index contributed by atoms with van der Waals surface area (Å²) in [5.74, 6) is 1.01. The molecule has 8 heteroatoms. The van der Waals surface area contributed by atoms with E-state index in [2.05, 4.69) is 81.5 Å². The molecule has 220 valence electrons. The number of nitrogen functional groups attached to an aromatic ring is 1. The van der Waals surface area contributed by atoms with Crippen LogP contribution < -0.4 is 14.9 Å². The smallest absolute Gasteiger partial charge is 0.260 e. The van der Waals surface area contributed by atoms with Gasteiger partial charge in [-0.1, -0.05) is 74.5 Å². The SMILES string of the molecule is CC=CC1=CN(C(=O)c2cc(OC)c(O[Si](C(C)C)(C(C)C)C(C)C)cc2N)C(CO[Si](C)(C)C(C)(C)C)C1. The van der Waals surface area contributed by atoms with Crippen LogP contribution >= 0.6 is 0 Å². The fourth-order valence-corrected chi connectivity index (χ4v) is 11.9. The number of amides is 1. The van der Waals surface area contributed by atoms with Crippen LogP contribution in [0.1, 0.15) is 86.0 Å². The van der Waals surface area contributed by atoms with E-state index < -0.39 is 16.6 Å². The molecular weight excluding hydrogens is 521 g/mol. The van der Waals surface area contributed by atoms with Crippen molar-refractivity contribution in [3.05, 3.63) is 41.6 Å². The molecule has 1 unspecified atom stereocenters. The molecule has 0 aromatic heterocycles. The number of carbonyl (C=O) groups excluding carboxylic acids is 1. The number of rotatable bonds is 11. The third kappa shape index (κ3) is 7.00. The zero-order valence-corrected chi connectivity index (χ0v) is 28.8. The quantitative estimate of drug-likeness (QED) is 0.212. The van der Waals surface area contributed by atoms with Crippen molar-refractivity contribution in [2.75, 3.05) is 19.5 Å². The molecule has 0 saturated heterocycles. The number of hydrogen-bond donors (Lipinski definition) is 1. The van der Waals surface area contributed by atoms with Crippen LogP contribution in [0, 0.1) is 0 Å². The maximum atomic E-state index is 14.0. The topological polar surface area (TPSA) is 74.0 Å². The molecule has 0 radical (unpaired) electrons. The van der Waals surface area contributed by atoms with Crippen LogP contribution in [0.25, 0.3) is 0 Å². The minimum atomic E-state index is -2.24. The summed E-state index contributed by atoms with van der Waals surface area (Å²) in [5.41, 5.74) is 9.67. The van der Waals surface area contributed by atoms with Gasteiger partial charge in [-0.2, -0.15) is 0 Å². The lowest BCUT2D eigenvalue weighted by molar-refractivity contribution is 0.0738. The molecule has 1 amide bonds. The first-order valence-corrected chi connectivity index (χ1v) is 19.4. The molecule has 1 aliphatic heterocycles. The zero-order chi connectivity index (χ0) is 29.9. The van der Waals surface area contributed by atoms with Crippen LogP contribution in [-0.4, -0.2) is 47.2 Å². The van der Waals surface area contributed by atoms with Gasteiger partial charge in [-0.05, 0) is 59.7 Å². The predicted octanol–water partition coefficient (Wildman–Crippen LogP) is 8.53. The molecule has 1 aromatic carbocycles. The van der Waals surface area contributed by atoms with Gasteiger partial charge in [0, 0.05) is 18.0 Å². The number of anilines is 1. The number of carbonyl (C=O) groups is 1. The van der Waals surface area contributed by atoms with Gasteiger partial charge in [0.05, 0.1) is 25.3 Å². The number of nitrogens with zero attached hydrogens (tertiary/aromatic N) is 1. The van der Waals surface area contributed by atoms with Crippen LogP contribution in [-0.2, 0) is 4.43 Å². The van der Waals surface area contributed by atoms with E-state index in [4.69, 9.17) is 19.3 Å². The molecule has 0 saturated carbocycles. The Morgan fingerprint density at radius 1 is 1.08 bits per heavy atom. The monoisotopic (exact) mass is 574 g/mol. The summed E-state index contributed by atoms with van der Waals surface area (Å²) in [6.07, 6.45) is 6.74. The lowest BCUT2D eigenvalue weighted by Crippen LogP contribution is -2.50. The van der Waals surface area contributed by atoms with Gasteiger partial charge in [-0.25, -0.2) is 0 Å². The summed E-state index contributed by atoms with van der Waals surface area (Å²) in [7, 11) is -2.60. The molecule has 0 bridgehead atoms. The molecule has 39 heavy (non-hydrogen) atoms. The molecule has 0 fully saturated rings. The maximum Gasteiger partial charge on any atom is 0.260 e. The summed E-state index contributed by atoms with van der Waals surface area (Å²) < 4.78 is 19.2. The van der Waals surface area contributed by atoms with E-state index in [0.29, 0.717) is 46.0 Å². The molecule has 1 atom stereocenters. The Hall–Kier alpha value is -2.04. The normalized spacial score (nSPS) is 17.1. The van der Waals surface area contributed by atoms with Crippen LogP contribution in [0.15, 0.2) is 36.1 Å². The lowest BCUT2D eigenvalue weighted by Gasteiger charge is -2.42. The molecule has 1 heterocycles. The van der Waals surface area contributed by atoms with Gasteiger partial charge in [0.15, 0.2) is 14.1 Å². The summed E-state index contributed by atoms with van der Waals surface area (Å²) in [5, 5.41) is 0.0914. The Kier molecular flexibility index (Phi) is 10.8. The predicted molar refractivity (Wildman–Crippen MR) is 170 cm³/mol. The first kappa shape index (κ1) is 33.2. The Morgan fingerprint density at radius 3 is 2.10 bits per heavy atom. The van der Waals surface area contributed by atoms with Crippen LogP contribution in [0.5, 0.6) is 11.5 Å². The van der Waals surface area contributed by atoms with Crippen molar-refractivity contribution in [2.24, 2.45) is 0 Å². The van der Waals surface area contributed by atoms with Crippen LogP contribution in [0.4, 0.5) is 5.69 Å². The number of hydrogen-bond acceptors (Lipinski definition) is 5. The van der Waals surface area contributed by atoms with Crippen molar-refractivity contribution in [3.8, 4) is 11.5 Å². The van der Waals surface area contributed by atoms with E-state index >= 15 is 0 Å². The molecular formula is C31H54N2O4Si2. The van der Waals surface area contributed by atoms with Crippen LogP contribution in [0.2, 0.25) is 34.8 Å². The van der Waals surface area contributed by atoms with Crippen molar-refractivity contribution < 1.29 is 18.4 Å². The fraction of sp³-hybridized carbons (Fsp3) is 0.645. The first-order valence-electron chi connectivity index (χ1n) is 14.4. The molecule has 1 aromatic rings. The summed E-state index contributed by atoms with van der Waals surface area (Å²) in [4.78, 5) is 15.8. The van der Waals surface area contributed by atoms with Gasteiger partial charge in [-0.15, -0.1) is 0 Å². The largest absolute Gasteiger partial charge is 0.540 e. The standard InChI is InChI=1S/C31H54N2O4Si2/c1-14-15-24-16-25(20-36-38(12,13)31(8,9)10)33(19-24)30(34)26-17-28(35-11)29(18-27(26)32)37-39(21(2)3,22(4)5)23(6)7/h14-15,17-19,21-23,25H,16,20,32H2,1-13H3. The number of ether oxygens (including phenoxy) is 1. The molecule has 6 nitrogen and oxygen atoms in total. The average molecular weight is 575 g/mol. The van der Waals surface area contributed by atoms with Crippen molar-refractivity contribution in [1.29, 1.82) is 0 Å². The highest BCUT2D eigenvalue weighted by Gasteiger charge is 2.47. The van der Waals surface area contributed by atoms with E-state index in [1.165, 1.54) is 0 Å². The fourth-order valence-electron chi connectivity index (χ4n) is 5.60. The van der Waals surface area contributed by atoms with Crippen molar-refractivity contribution in [3.63, 3.8) is 0 Å².